The fraction of sp³-hybridized carbons (Fsp3) is 0.467. The molecule has 1 aliphatic rings. The van der Waals surface area contributed by atoms with E-state index in [1.54, 1.807) is 9.58 Å². The highest BCUT2D eigenvalue weighted by atomic mass is 19.4. The summed E-state index contributed by atoms with van der Waals surface area (Å²) < 4.78 is 40.2. The van der Waals surface area contributed by atoms with Gasteiger partial charge in [0.05, 0.1) is 17.8 Å². The van der Waals surface area contributed by atoms with E-state index in [1.165, 1.54) is 12.4 Å². The topological polar surface area (TPSA) is 93.3 Å². The Kier molecular flexibility index (Phi) is 4.70. The van der Waals surface area contributed by atoms with Crippen molar-refractivity contribution in [2.75, 3.05) is 13.1 Å². The highest BCUT2D eigenvalue weighted by Gasteiger charge is 2.34. The lowest BCUT2D eigenvalue weighted by Gasteiger charge is -2.32. The van der Waals surface area contributed by atoms with Crippen molar-refractivity contribution in [3.8, 4) is 0 Å². The quantitative estimate of drug-likeness (QED) is 0.882. The molecule has 1 N–H and O–H groups in total. The van der Waals surface area contributed by atoms with Crippen molar-refractivity contribution in [3.63, 3.8) is 0 Å². The fourth-order valence-corrected chi connectivity index (χ4v) is 2.87. The average Bonchev–Trinajstić information content (AvgIpc) is 3.24. The smallest absolute Gasteiger partial charge is 0.435 e. The molecule has 11 heteroatoms. The lowest BCUT2D eigenvalue weighted by atomic mass is 10.1. The van der Waals surface area contributed by atoms with E-state index in [2.05, 4.69) is 10.2 Å². The number of carbonyl (C=O) groups excluding carboxylic acids is 1. The number of aromatic carboxylic acids is 1. The number of rotatable bonds is 4. The van der Waals surface area contributed by atoms with Crippen LogP contribution in [0.4, 0.5) is 13.2 Å². The van der Waals surface area contributed by atoms with Gasteiger partial charge in [-0.05, 0) is 18.9 Å². The van der Waals surface area contributed by atoms with Gasteiger partial charge in [0.15, 0.2) is 5.69 Å². The molecule has 8 nitrogen and oxygen atoms in total. The Balaban J connectivity index is 1.55. The van der Waals surface area contributed by atoms with Crippen LogP contribution < -0.4 is 0 Å². The minimum atomic E-state index is -4.54. The second-order valence-corrected chi connectivity index (χ2v) is 6.02. The zero-order valence-corrected chi connectivity index (χ0v) is 13.6. The molecule has 0 unspecified atom stereocenters. The molecule has 0 atom stereocenters. The molecule has 1 fully saturated rings. The van der Waals surface area contributed by atoms with Crippen molar-refractivity contribution < 1.29 is 27.9 Å². The van der Waals surface area contributed by atoms with E-state index in [4.69, 9.17) is 5.11 Å². The van der Waals surface area contributed by atoms with Crippen LogP contribution in [0.2, 0.25) is 0 Å². The first-order valence-electron chi connectivity index (χ1n) is 7.90. The molecular formula is C15H16F3N5O3. The molecule has 0 aliphatic carbocycles. The second kappa shape index (κ2) is 6.81. The normalized spacial score (nSPS) is 16.0. The SMILES string of the molecule is O=C(O)c1cnn(C2CCN(C(=O)Cn3ccc(C(F)(F)F)n3)CC2)c1. The van der Waals surface area contributed by atoms with Gasteiger partial charge in [-0.2, -0.15) is 23.4 Å². The standard InChI is InChI=1S/C15H16F3N5O3/c16-15(17,18)12-3-6-22(20-12)9-13(24)21-4-1-11(2-5-21)23-8-10(7-19-23)14(25)26/h3,6-8,11H,1-2,4-5,9H2,(H,25,26). The minimum absolute atomic E-state index is 0.0197. The number of aromatic nitrogens is 4. The Labute approximate surface area is 145 Å². The molecule has 140 valence electrons. The molecule has 3 heterocycles. The first-order valence-corrected chi connectivity index (χ1v) is 7.90. The predicted octanol–water partition coefficient (Wildman–Crippen LogP) is 1.66. The average molecular weight is 371 g/mol. The number of halogens is 3. The lowest BCUT2D eigenvalue weighted by Crippen LogP contribution is -2.40. The fourth-order valence-electron chi connectivity index (χ4n) is 2.87. The number of hydrogen-bond acceptors (Lipinski definition) is 4. The summed E-state index contributed by atoms with van der Waals surface area (Å²) >= 11 is 0. The monoisotopic (exact) mass is 371 g/mol. The van der Waals surface area contributed by atoms with E-state index in [0.717, 1.165) is 16.9 Å². The van der Waals surface area contributed by atoms with E-state index in [0.29, 0.717) is 25.9 Å². The Hall–Kier alpha value is -2.85. The van der Waals surface area contributed by atoms with Crippen molar-refractivity contribution in [1.82, 2.24) is 24.5 Å². The molecule has 0 spiro atoms. The Morgan fingerprint density at radius 2 is 1.96 bits per heavy atom. The summed E-state index contributed by atoms with van der Waals surface area (Å²) in [5.74, 6) is -1.37. The molecule has 26 heavy (non-hydrogen) atoms. The maximum atomic E-state index is 12.5. The van der Waals surface area contributed by atoms with Crippen LogP contribution >= 0.6 is 0 Å². The number of carbonyl (C=O) groups is 2. The maximum absolute atomic E-state index is 12.5. The van der Waals surface area contributed by atoms with Crippen LogP contribution in [-0.2, 0) is 17.5 Å². The summed E-state index contributed by atoms with van der Waals surface area (Å²) in [5, 5.41) is 16.3. The minimum Gasteiger partial charge on any atom is -0.478 e. The predicted molar refractivity (Wildman–Crippen MR) is 81.3 cm³/mol. The summed E-state index contributed by atoms with van der Waals surface area (Å²) in [4.78, 5) is 24.7. The van der Waals surface area contributed by atoms with Crippen LogP contribution in [0.3, 0.4) is 0 Å². The highest BCUT2D eigenvalue weighted by molar-refractivity contribution is 5.86. The summed E-state index contributed by atoms with van der Waals surface area (Å²) in [6.45, 7) is 0.573. The van der Waals surface area contributed by atoms with E-state index in [1.807, 2.05) is 0 Å². The molecule has 0 aromatic carbocycles. The van der Waals surface area contributed by atoms with Crippen molar-refractivity contribution >= 4 is 11.9 Å². The van der Waals surface area contributed by atoms with Gasteiger partial charge in [-0.1, -0.05) is 0 Å². The van der Waals surface area contributed by atoms with Gasteiger partial charge < -0.3 is 10.0 Å². The Morgan fingerprint density at radius 1 is 1.27 bits per heavy atom. The van der Waals surface area contributed by atoms with Crippen LogP contribution in [-0.4, -0.2) is 54.5 Å². The van der Waals surface area contributed by atoms with Gasteiger partial charge in [0, 0.05) is 25.5 Å². The van der Waals surface area contributed by atoms with Crippen LogP contribution in [0.5, 0.6) is 0 Å². The maximum Gasteiger partial charge on any atom is 0.435 e. The number of amides is 1. The van der Waals surface area contributed by atoms with Gasteiger partial charge >= 0.3 is 12.1 Å². The molecule has 0 saturated carbocycles. The summed E-state index contributed by atoms with van der Waals surface area (Å²) in [6.07, 6.45) is 0.483. The van der Waals surface area contributed by atoms with E-state index >= 15 is 0 Å². The second-order valence-electron chi connectivity index (χ2n) is 6.02. The summed E-state index contributed by atoms with van der Waals surface area (Å²) in [5.41, 5.74) is -0.931. The van der Waals surface area contributed by atoms with Crippen LogP contribution in [0.1, 0.15) is 34.9 Å². The van der Waals surface area contributed by atoms with Gasteiger partial charge in [-0.15, -0.1) is 0 Å². The molecule has 1 aliphatic heterocycles. The number of likely N-dealkylation sites (tertiary alicyclic amines) is 1. The van der Waals surface area contributed by atoms with Gasteiger partial charge in [-0.25, -0.2) is 4.79 Å². The highest BCUT2D eigenvalue weighted by Crippen LogP contribution is 2.27. The number of alkyl halides is 3. The van der Waals surface area contributed by atoms with Crippen molar-refractivity contribution in [2.45, 2.75) is 31.6 Å². The summed E-state index contributed by atoms with van der Waals surface area (Å²) in [7, 11) is 0. The Morgan fingerprint density at radius 3 is 2.50 bits per heavy atom. The number of carboxylic acid groups (broad SMARTS) is 1. The number of hydrogen-bond donors (Lipinski definition) is 1. The van der Waals surface area contributed by atoms with Crippen molar-refractivity contribution in [1.29, 1.82) is 0 Å². The number of carboxylic acids is 1. The van der Waals surface area contributed by atoms with E-state index in [9.17, 15) is 22.8 Å². The van der Waals surface area contributed by atoms with Crippen molar-refractivity contribution in [3.05, 3.63) is 35.9 Å². The third kappa shape index (κ3) is 3.86. The third-order valence-electron chi connectivity index (χ3n) is 4.27. The lowest BCUT2D eigenvalue weighted by molar-refractivity contribution is -0.142. The van der Waals surface area contributed by atoms with Crippen LogP contribution in [0, 0.1) is 0 Å². The largest absolute Gasteiger partial charge is 0.478 e. The molecule has 0 bridgehead atoms. The molecule has 1 saturated heterocycles. The van der Waals surface area contributed by atoms with Gasteiger partial charge in [-0.3, -0.25) is 14.2 Å². The molecule has 2 aromatic heterocycles. The molecule has 2 aromatic rings. The molecular weight excluding hydrogens is 355 g/mol. The molecule has 1 amide bonds. The zero-order chi connectivity index (χ0) is 18.9. The number of piperidine rings is 1. The van der Waals surface area contributed by atoms with Crippen molar-refractivity contribution in [2.24, 2.45) is 0 Å². The number of nitrogens with zero attached hydrogens (tertiary/aromatic N) is 5. The van der Waals surface area contributed by atoms with Crippen LogP contribution in [0.25, 0.3) is 0 Å². The van der Waals surface area contributed by atoms with Gasteiger partial charge in [0.2, 0.25) is 5.91 Å². The first kappa shape index (κ1) is 18.0. The summed E-state index contributed by atoms with van der Waals surface area (Å²) in [6, 6.07) is 0.811. The van der Waals surface area contributed by atoms with Gasteiger partial charge in [0.1, 0.15) is 6.54 Å². The van der Waals surface area contributed by atoms with E-state index in [-0.39, 0.29) is 24.1 Å². The molecule has 0 radical (unpaired) electrons. The molecule has 3 rings (SSSR count). The van der Waals surface area contributed by atoms with E-state index < -0.39 is 17.8 Å². The van der Waals surface area contributed by atoms with Crippen LogP contribution in [0.15, 0.2) is 24.7 Å². The third-order valence-corrected chi connectivity index (χ3v) is 4.27. The first-order chi connectivity index (χ1) is 12.2. The zero-order valence-electron chi connectivity index (χ0n) is 13.6. The Bertz CT molecular complexity index is 806. The van der Waals surface area contributed by atoms with Gasteiger partial charge in [0.25, 0.3) is 0 Å².